The molecule has 1 saturated heterocycles. The van der Waals surface area contributed by atoms with Gasteiger partial charge in [-0.05, 0) is 64.9 Å². The van der Waals surface area contributed by atoms with Crippen LogP contribution in [0.4, 0.5) is 16.2 Å². The van der Waals surface area contributed by atoms with E-state index in [9.17, 15) is 19.2 Å². The van der Waals surface area contributed by atoms with Crippen molar-refractivity contribution in [1.82, 2.24) is 15.5 Å². The van der Waals surface area contributed by atoms with Crippen LogP contribution in [0.3, 0.4) is 0 Å². The standard InChI is InChI=1S/C43H44N6O5/c44-39(50)28-45-29-40(51)47-33-16-9-15-32(27-33)42(52)46-23-26-49-24-21-34(22-25-49)54-43(53)48-38-20-10-19-36(31-13-5-2-6-14-31)41(38)37-18-8-7-17-35(37)30-11-3-1-4-12-30/h1-20,27,34,45H,21-26,28-29H2,(H2,44,50)(H,46,52)(H,47,51)(H,48,53). The fourth-order valence-corrected chi connectivity index (χ4v) is 6.59. The number of nitrogens with one attached hydrogen (secondary N) is 4. The molecular weight excluding hydrogens is 681 g/mol. The van der Waals surface area contributed by atoms with Crippen molar-refractivity contribution >= 4 is 35.2 Å². The molecule has 0 aromatic heterocycles. The van der Waals surface area contributed by atoms with Gasteiger partial charge in [0.15, 0.2) is 0 Å². The average Bonchev–Trinajstić information content (AvgIpc) is 3.19. The van der Waals surface area contributed by atoms with Crippen molar-refractivity contribution in [3.8, 4) is 33.4 Å². The minimum Gasteiger partial charge on any atom is -0.446 e. The number of likely N-dealkylation sites (tertiary alicyclic amines) is 1. The van der Waals surface area contributed by atoms with Crippen molar-refractivity contribution in [3.05, 3.63) is 133 Å². The van der Waals surface area contributed by atoms with Crippen LogP contribution in [0.25, 0.3) is 33.4 Å². The van der Waals surface area contributed by atoms with Gasteiger partial charge in [0, 0.05) is 43.0 Å². The number of piperidine rings is 1. The van der Waals surface area contributed by atoms with Crippen molar-refractivity contribution in [2.45, 2.75) is 18.9 Å². The zero-order valence-corrected chi connectivity index (χ0v) is 29.9. The van der Waals surface area contributed by atoms with Gasteiger partial charge in [0.2, 0.25) is 11.8 Å². The Hall–Kier alpha value is -6.30. The highest BCUT2D eigenvalue weighted by molar-refractivity contribution is 6.02. The molecule has 0 radical (unpaired) electrons. The zero-order chi connectivity index (χ0) is 37.7. The molecule has 0 saturated carbocycles. The number of benzene rings is 5. The lowest BCUT2D eigenvalue weighted by Crippen LogP contribution is -2.42. The number of amides is 4. The van der Waals surface area contributed by atoms with E-state index < -0.39 is 12.0 Å². The van der Waals surface area contributed by atoms with Crippen molar-refractivity contribution < 1.29 is 23.9 Å². The third-order valence-electron chi connectivity index (χ3n) is 9.18. The van der Waals surface area contributed by atoms with Gasteiger partial charge in [-0.25, -0.2) is 4.79 Å². The van der Waals surface area contributed by atoms with Crippen LogP contribution in [0.2, 0.25) is 0 Å². The van der Waals surface area contributed by atoms with Crippen LogP contribution >= 0.6 is 0 Å². The number of nitrogens with zero attached hydrogens (tertiary/aromatic N) is 1. The molecule has 11 nitrogen and oxygen atoms in total. The molecule has 5 aromatic carbocycles. The molecule has 1 heterocycles. The predicted molar refractivity (Wildman–Crippen MR) is 212 cm³/mol. The van der Waals surface area contributed by atoms with Crippen LogP contribution in [0.5, 0.6) is 0 Å². The van der Waals surface area contributed by atoms with E-state index in [4.69, 9.17) is 10.5 Å². The topological polar surface area (TPSA) is 155 Å². The van der Waals surface area contributed by atoms with Crippen LogP contribution in [0, 0.1) is 0 Å². The summed E-state index contributed by atoms with van der Waals surface area (Å²) in [5.41, 5.74) is 12.7. The summed E-state index contributed by atoms with van der Waals surface area (Å²) in [6.45, 7) is 2.33. The first-order valence-corrected chi connectivity index (χ1v) is 18.0. The molecule has 0 unspecified atom stereocenters. The van der Waals surface area contributed by atoms with Gasteiger partial charge < -0.3 is 26.0 Å². The number of anilines is 2. The largest absolute Gasteiger partial charge is 0.446 e. The maximum atomic E-state index is 13.4. The molecule has 0 bridgehead atoms. The number of hydrogen-bond acceptors (Lipinski definition) is 7. The van der Waals surface area contributed by atoms with Crippen LogP contribution in [0.1, 0.15) is 23.2 Å². The van der Waals surface area contributed by atoms with Crippen LogP contribution in [-0.2, 0) is 14.3 Å². The summed E-state index contributed by atoms with van der Waals surface area (Å²) in [7, 11) is 0. The monoisotopic (exact) mass is 724 g/mol. The number of ether oxygens (including phenoxy) is 1. The van der Waals surface area contributed by atoms with E-state index in [-0.39, 0.29) is 31.0 Å². The summed E-state index contributed by atoms with van der Waals surface area (Å²) in [6, 6.07) is 41.2. The number of primary amides is 1. The molecule has 1 aliphatic heterocycles. The highest BCUT2D eigenvalue weighted by atomic mass is 16.6. The highest BCUT2D eigenvalue weighted by Gasteiger charge is 2.24. The van der Waals surface area contributed by atoms with E-state index in [0.29, 0.717) is 42.9 Å². The van der Waals surface area contributed by atoms with Crippen LogP contribution in [-0.4, -0.2) is 74.1 Å². The Morgan fingerprint density at radius 3 is 2.02 bits per heavy atom. The first-order valence-electron chi connectivity index (χ1n) is 18.0. The quantitative estimate of drug-likeness (QED) is 0.0922. The van der Waals surface area contributed by atoms with E-state index in [0.717, 1.165) is 46.5 Å². The van der Waals surface area contributed by atoms with Gasteiger partial charge in [0.1, 0.15) is 6.10 Å². The lowest BCUT2D eigenvalue weighted by atomic mass is 9.88. The third kappa shape index (κ3) is 10.2. The first-order chi connectivity index (χ1) is 26.3. The predicted octanol–water partition coefficient (Wildman–Crippen LogP) is 6.14. The summed E-state index contributed by atoms with van der Waals surface area (Å²) in [5, 5.41) is 11.4. The minimum absolute atomic E-state index is 0.0838. The summed E-state index contributed by atoms with van der Waals surface area (Å²) in [6.07, 6.45) is 0.609. The van der Waals surface area contributed by atoms with E-state index in [1.165, 1.54) is 0 Å². The molecule has 276 valence electrons. The number of nitrogens with two attached hydrogens (primary N) is 1. The Balaban J connectivity index is 1.03. The first kappa shape index (κ1) is 37.5. The van der Waals surface area contributed by atoms with Gasteiger partial charge in [-0.15, -0.1) is 0 Å². The summed E-state index contributed by atoms with van der Waals surface area (Å²) >= 11 is 0. The van der Waals surface area contributed by atoms with Gasteiger partial charge in [-0.1, -0.05) is 103 Å². The minimum atomic E-state index is -0.556. The third-order valence-corrected chi connectivity index (χ3v) is 9.18. The SMILES string of the molecule is NC(=O)CNCC(=O)Nc1cccc(C(=O)NCCN2CCC(OC(=O)Nc3cccc(-c4ccccc4)c3-c3ccccc3-c3ccccc3)CC2)c1. The second kappa shape index (κ2) is 18.5. The number of hydrogen-bond donors (Lipinski definition) is 5. The van der Waals surface area contributed by atoms with Crippen LogP contribution in [0.15, 0.2) is 127 Å². The Kier molecular flexibility index (Phi) is 12.8. The highest BCUT2D eigenvalue weighted by Crippen LogP contribution is 2.42. The molecule has 0 aliphatic carbocycles. The molecule has 0 atom stereocenters. The average molecular weight is 725 g/mol. The second-order valence-electron chi connectivity index (χ2n) is 13.0. The van der Waals surface area contributed by atoms with Gasteiger partial charge in [0.05, 0.1) is 18.8 Å². The van der Waals surface area contributed by atoms with E-state index >= 15 is 0 Å². The molecule has 11 heteroatoms. The van der Waals surface area contributed by atoms with Gasteiger partial charge in [0.25, 0.3) is 5.91 Å². The molecule has 6 N–H and O–H groups in total. The fraction of sp³-hybridized carbons (Fsp3) is 0.209. The van der Waals surface area contributed by atoms with E-state index in [2.05, 4.69) is 68.6 Å². The van der Waals surface area contributed by atoms with Gasteiger partial charge >= 0.3 is 6.09 Å². The Morgan fingerprint density at radius 2 is 1.31 bits per heavy atom. The van der Waals surface area contributed by atoms with Crippen LogP contribution < -0.4 is 27.0 Å². The van der Waals surface area contributed by atoms with Crippen molar-refractivity contribution in [2.24, 2.45) is 5.73 Å². The molecular formula is C43H44N6O5. The van der Waals surface area contributed by atoms with Crippen molar-refractivity contribution in [1.29, 1.82) is 0 Å². The van der Waals surface area contributed by atoms with Crippen molar-refractivity contribution in [2.75, 3.05) is 49.9 Å². The fourth-order valence-electron chi connectivity index (χ4n) is 6.59. The summed E-state index contributed by atoms with van der Waals surface area (Å²) in [4.78, 5) is 51.5. The molecule has 4 amide bonds. The summed E-state index contributed by atoms with van der Waals surface area (Å²) in [5.74, 6) is -1.17. The molecule has 5 aromatic rings. The Bertz CT molecular complexity index is 2070. The van der Waals surface area contributed by atoms with Gasteiger partial charge in [-0.3, -0.25) is 25.0 Å². The number of carbonyl (C=O) groups is 4. The van der Waals surface area contributed by atoms with E-state index in [1.807, 2.05) is 60.7 Å². The van der Waals surface area contributed by atoms with E-state index in [1.54, 1.807) is 24.3 Å². The summed E-state index contributed by atoms with van der Waals surface area (Å²) < 4.78 is 5.97. The second-order valence-corrected chi connectivity index (χ2v) is 13.0. The maximum absolute atomic E-state index is 13.4. The van der Waals surface area contributed by atoms with Crippen molar-refractivity contribution in [3.63, 3.8) is 0 Å². The molecule has 1 aliphatic rings. The zero-order valence-electron chi connectivity index (χ0n) is 29.9. The molecule has 1 fully saturated rings. The molecule has 54 heavy (non-hydrogen) atoms. The maximum Gasteiger partial charge on any atom is 0.411 e. The Morgan fingerprint density at radius 1 is 0.685 bits per heavy atom. The molecule has 0 spiro atoms. The smallest absolute Gasteiger partial charge is 0.411 e. The van der Waals surface area contributed by atoms with Gasteiger partial charge in [-0.2, -0.15) is 0 Å². The Labute approximate surface area is 314 Å². The number of rotatable bonds is 14. The normalized spacial score (nSPS) is 13.1. The molecule has 6 rings (SSSR count). The lowest BCUT2D eigenvalue weighted by Gasteiger charge is -2.31. The number of carbonyl (C=O) groups excluding carboxylic acids is 4. The lowest BCUT2D eigenvalue weighted by molar-refractivity contribution is -0.117.